The molecule has 0 bridgehead atoms. The maximum Gasteiger partial charge on any atom is 0.339 e. The Balaban J connectivity index is 1.39. The third-order valence-corrected chi connectivity index (χ3v) is 7.89. The minimum Gasteiger partial charge on any atom is -0.379 e. The molecule has 0 unspecified atom stereocenters. The molecule has 0 aliphatic carbocycles. The summed E-state index contributed by atoms with van der Waals surface area (Å²) >= 11 is 0. The molecule has 0 aromatic heterocycles. The van der Waals surface area contributed by atoms with Crippen LogP contribution in [0.3, 0.4) is 0 Å². The molecule has 0 fully saturated rings. The zero-order valence-electron chi connectivity index (χ0n) is 17.7. The van der Waals surface area contributed by atoms with Crippen molar-refractivity contribution in [2.75, 3.05) is 0 Å². The smallest absolute Gasteiger partial charge is 0.339 e. The zero-order chi connectivity index (χ0) is 23.8. The number of fused-ring (bicyclic) bond motifs is 2. The SMILES string of the molecule is O=S(=O)(Oc1ccc(OS(=O)(=O)c2cccc3ccccc23)cc1)c1cccc2ccccc12. The summed E-state index contributed by atoms with van der Waals surface area (Å²) in [5.74, 6) is 0.0608. The fourth-order valence-corrected chi connectivity index (χ4v) is 6.03. The van der Waals surface area contributed by atoms with E-state index in [2.05, 4.69) is 0 Å². The van der Waals surface area contributed by atoms with E-state index < -0.39 is 20.2 Å². The fourth-order valence-electron chi connectivity index (χ4n) is 3.72. The molecule has 34 heavy (non-hydrogen) atoms. The Morgan fingerprint density at radius 3 is 1.18 bits per heavy atom. The van der Waals surface area contributed by atoms with E-state index in [1.54, 1.807) is 36.4 Å². The van der Waals surface area contributed by atoms with E-state index in [9.17, 15) is 16.8 Å². The van der Waals surface area contributed by atoms with Gasteiger partial charge in [0.1, 0.15) is 21.3 Å². The van der Waals surface area contributed by atoms with Crippen molar-refractivity contribution in [2.45, 2.75) is 9.79 Å². The molecule has 0 aliphatic heterocycles. The van der Waals surface area contributed by atoms with E-state index in [-0.39, 0.29) is 21.3 Å². The van der Waals surface area contributed by atoms with E-state index in [1.807, 2.05) is 36.4 Å². The summed E-state index contributed by atoms with van der Waals surface area (Å²) < 4.78 is 62.1. The van der Waals surface area contributed by atoms with Crippen LogP contribution in [0, 0.1) is 0 Å². The van der Waals surface area contributed by atoms with Crippen LogP contribution in [0.25, 0.3) is 21.5 Å². The summed E-state index contributed by atoms with van der Waals surface area (Å²) in [6, 6.07) is 29.5. The van der Waals surface area contributed by atoms with Crippen LogP contribution in [0.5, 0.6) is 11.5 Å². The molecule has 0 spiro atoms. The second kappa shape index (κ2) is 8.48. The van der Waals surface area contributed by atoms with Crippen molar-refractivity contribution >= 4 is 41.8 Å². The number of rotatable bonds is 6. The van der Waals surface area contributed by atoms with Crippen molar-refractivity contribution in [2.24, 2.45) is 0 Å². The van der Waals surface area contributed by atoms with E-state index in [4.69, 9.17) is 8.37 Å². The molecule has 6 nitrogen and oxygen atoms in total. The molecule has 170 valence electrons. The van der Waals surface area contributed by atoms with Gasteiger partial charge >= 0.3 is 20.2 Å². The molecule has 0 radical (unpaired) electrons. The van der Waals surface area contributed by atoms with E-state index >= 15 is 0 Å². The van der Waals surface area contributed by atoms with Crippen LogP contribution < -0.4 is 8.37 Å². The second-order valence-electron chi connectivity index (χ2n) is 7.50. The highest BCUT2D eigenvalue weighted by atomic mass is 32.2. The predicted octanol–water partition coefficient (Wildman–Crippen LogP) is 5.53. The van der Waals surface area contributed by atoms with Crippen molar-refractivity contribution < 1.29 is 25.2 Å². The van der Waals surface area contributed by atoms with Crippen LogP contribution in [-0.2, 0) is 20.2 Å². The molecule has 0 atom stereocenters. The van der Waals surface area contributed by atoms with Crippen molar-refractivity contribution in [3.05, 3.63) is 109 Å². The third-order valence-electron chi connectivity index (χ3n) is 5.27. The van der Waals surface area contributed by atoms with E-state index in [1.165, 1.54) is 36.4 Å². The van der Waals surface area contributed by atoms with Crippen LogP contribution in [0.1, 0.15) is 0 Å². The highest BCUT2D eigenvalue weighted by Crippen LogP contribution is 2.29. The van der Waals surface area contributed by atoms with Crippen LogP contribution in [0.4, 0.5) is 0 Å². The Hall–Kier alpha value is -3.88. The lowest BCUT2D eigenvalue weighted by Gasteiger charge is -2.11. The van der Waals surface area contributed by atoms with Crippen molar-refractivity contribution in [1.29, 1.82) is 0 Å². The Kier molecular flexibility index (Phi) is 5.47. The first-order chi connectivity index (χ1) is 16.3. The number of benzene rings is 5. The standard InChI is InChI=1S/C26H18O6S2/c27-33(28,25-13-5-9-19-7-1-3-11-23(19)25)31-21-15-17-22(18-16-21)32-34(29,30)26-14-6-10-20-8-2-4-12-24(20)26/h1-18H. The molecule has 8 heteroatoms. The summed E-state index contributed by atoms with van der Waals surface area (Å²) in [5, 5.41) is 2.64. The first-order valence-electron chi connectivity index (χ1n) is 10.3. The molecule has 0 amide bonds. The van der Waals surface area contributed by atoms with E-state index in [0.29, 0.717) is 10.8 Å². The normalized spacial score (nSPS) is 12.0. The summed E-state index contributed by atoms with van der Waals surface area (Å²) in [6.07, 6.45) is 0. The summed E-state index contributed by atoms with van der Waals surface area (Å²) in [7, 11) is -8.23. The lowest BCUT2D eigenvalue weighted by Crippen LogP contribution is -2.11. The van der Waals surface area contributed by atoms with Crippen LogP contribution >= 0.6 is 0 Å². The Bertz CT molecular complexity index is 1580. The molecule has 0 N–H and O–H groups in total. The number of hydrogen-bond acceptors (Lipinski definition) is 6. The quantitative estimate of drug-likeness (QED) is 0.291. The van der Waals surface area contributed by atoms with Crippen LogP contribution in [-0.4, -0.2) is 16.8 Å². The van der Waals surface area contributed by atoms with Gasteiger partial charge in [0.2, 0.25) is 0 Å². The Morgan fingerprint density at radius 2 is 0.765 bits per heavy atom. The molecular weight excluding hydrogens is 472 g/mol. The Labute approximate surface area is 197 Å². The van der Waals surface area contributed by atoms with Gasteiger partial charge in [0.05, 0.1) is 0 Å². The molecule has 5 aromatic rings. The van der Waals surface area contributed by atoms with Gasteiger partial charge in [-0.15, -0.1) is 0 Å². The minimum atomic E-state index is -4.11. The Morgan fingerprint density at radius 1 is 0.412 bits per heavy atom. The van der Waals surface area contributed by atoms with Gasteiger partial charge in [-0.05, 0) is 47.2 Å². The summed E-state index contributed by atoms with van der Waals surface area (Å²) in [5.41, 5.74) is 0. The lowest BCUT2D eigenvalue weighted by atomic mass is 10.1. The average Bonchev–Trinajstić information content (AvgIpc) is 2.84. The number of hydrogen-bond donors (Lipinski definition) is 0. The van der Waals surface area contributed by atoms with Gasteiger partial charge in [0.15, 0.2) is 0 Å². The third kappa shape index (κ3) is 4.21. The highest BCUT2D eigenvalue weighted by Gasteiger charge is 2.21. The minimum absolute atomic E-state index is 0.0304. The molecule has 0 saturated heterocycles. The maximum absolute atomic E-state index is 12.9. The van der Waals surface area contributed by atoms with Crippen molar-refractivity contribution in [3.63, 3.8) is 0 Å². The average molecular weight is 491 g/mol. The van der Waals surface area contributed by atoms with Gasteiger partial charge in [-0.3, -0.25) is 0 Å². The zero-order valence-corrected chi connectivity index (χ0v) is 19.3. The maximum atomic E-state index is 12.9. The predicted molar refractivity (Wildman–Crippen MR) is 130 cm³/mol. The topological polar surface area (TPSA) is 86.7 Å². The van der Waals surface area contributed by atoms with Gasteiger partial charge in [0.25, 0.3) is 0 Å². The van der Waals surface area contributed by atoms with Crippen LogP contribution in [0.15, 0.2) is 119 Å². The lowest BCUT2D eigenvalue weighted by molar-refractivity contribution is 0.478. The summed E-state index contributed by atoms with van der Waals surface area (Å²) in [6.45, 7) is 0. The molecular formula is C26H18O6S2. The highest BCUT2D eigenvalue weighted by molar-refractivity contribution is 7.87. The van der Waals surface area contributed by atoms with Gasteiger partial charge in [-0.1, -0.05) is 72.8 Å². The molecule has 0 saturated carbocycles. The van der Waals surface area contributed by atoms with Crippen LogP contribution in [0.2, 0.25) is 0 Å². The summed E-state index contributed by atoms with van der Waals surface area (Å²) in [4.78, 5) is 0.0916. The molecule has 0 aliphatic rings. The van der Waals surface area contributed by atoms with Gasteiger partial charge in [-0.2, -0.15) is 16.8 Å². The molecule has 5 aromatic carbocycles. The van der Waals surface area contributed by atoms with Gasteiger partial charge in [0, 0.05) is 10.8 Å². The molecule has 5 rings (SSSR count). The second-order valence-corrected chi connectivity index (χ2v) is 10.5. The largest absolute Gasteiger partial charge is 0.379 e. The monoisotopic (exact) mass is 490 g/mol. The van der Waals surface area contributed by atoms with Gasteiger partial charge in [-0.25, -0.2) is 0 Å². The van der Waals surface area contributed by atoms with Gasteiger partial charge < -0.3 is 8.37 Å². The molecule has 0 heterocycles. The van der Waals surface area contributed by atoms with Crippen molar-refractivity contribution in [3.8, 4) is 11.5 Å². The first kappa shape index (κ1) is 21.9. The van der Waals surface area contributed by atoms with E-state index in [0.717, 1.165) is 10.8 Å². The first-order valence-corrected chi connectivity index (χ1v) is 13.1. The fraction of sp³-hybridized carbons (Fsp3) is 0. The van der Waals surface area contributed by atoms with Crippen molar-refractivity contribution in [1.82, 2.24) is 0 Å².